The second kappa shape index (κ2) is 6.53. The van der Waals surface area contributed by atoms with Gasteiger partial charge >= 0.3 is 0 Å². The van der Waals surface area contributed by atoms with Crippen molar-refractivity contribution in [1.29, 1.82) is 0 Å². The summed E-state index contributed by atoms with van der Waals surface area (Å²) in [5, 5.41) is 1.43. The maximum atomic E-state index is 6.02. The highest BCUT2D eigenvalue weighted by atomic mass is 35.5. The molecule has 0 amide bonds. The van der Waals surface area contributed by atoms with E-state index >= 15 is 0 Å². The van der Waals surface area contributed by atoms with Gasteiger partial charge in [0.25, 0.3) is 0 Å². The smallest absolute Gasteiger partial charge is 0.0409 e. The highest BCUT2D eigenvalue weighted by Crippen LogP contribution is 2.30. The van der Waals surface area contributed by atoms with Crippen LogP contribution in [-0.2, 0) is 6.42 Å². The third-order valence-corrected chi connectivity index (χ3v) is 4.09. The van der Waals surface area contributed by atoms with Crippen LogP contribution in [0.4, 0.5) is 0 Å². The summed E-state index contributed by atoms with van der Waals surface area (Å²) >= 11 is 7.93. The zero-order chi connectivity index (χ0) is 12.1. The minimum atomic E-state index is 0.176. The summed E-state index contributed by atoms with van der Waals surface area (Å²) in [6.45, 7) is 6.48. The van der Waals surface area contributed by atoms with Gasteiger partial charge in [-0.05, 0) is 43.5 Å². The topological polar surface area (TPSA) is 26.0 Å². The highest BCUT2D eigenvalue weighted by molar-refractivity contribution is 8.00. The van der Waals surface area contributed by atoms with Crippen LogP contribution in [0.2, 0.25) is 5.02 Å². The van der Waals surface area contributed by atoms with Crippen molar-refractivity contribution in [3.05, 3.63) is 28.8 Å². The van der Waals surface area contributed by atoms with Crippen LogP contribution in [0.3, 0.4) is 0 Å². The molecule has 0 bridgehead atoms. The molecule has 1 aromatic carbocycles. The average molecular weight is 258 g/mol. The maximum Gasteiger partial charge on any atom is 0.0409 e. The van der Waals surface area contributed by atoms with Gasteiger partial charge in [-0.2, -0.15) is 0 Å². The van der Waals surface area contributed by atoms with E-state index < -0.39 is 0 Å². The van der Waals surface area contributed by atoms with Crippen LogP contribution >= 0.6 is 23.4 Å². The van der Waals surface area contributed by atoms with Crippen molar-refractivity contribution < 1.29 is 0 Å². The Bertz CT molecular complexity index is 339. The van der Waals surface area contributed by atoms with Crippen molar-refractivity contribution in [2.75, 3.05) is 0 Å². The van der Waals surface area contributed by atoms with Crippen molar-refractivity contribution in [3.8, 4) is 0 Å². The van der Waals surface area contributed by atoms with E-state index in [2.05, 4.69) is 19.9 Å². The highest BCUT2D eigenvalue weighted by Gasteiger charge is 2.09. The predicted molar refractivity (Wildman–Crippen MR) is 74.4 cm³/mol. The lowest BCUT2D eigenvalue weighted by Crippen LogP contribution is -2.18. The first-order valence-corrected chi connectivity index (χ1v) is 6.99. The van der Waals surface area contributed by atoms with Crippen molar-refractivity contribution in [3.63, 3.8) is 0 Å². The van der Waals surface area contributed by atoms with Gasteiger partial charge in [-0.1, -0.05) is 25.4 Å². The summed E-state index contributed by atoms with van der Waals surface area (Å²) in [5.41, 5.74) is 7.13. The average Bonchev–Trinajstić information content (AvgIpc) is 2.21. The molecular formula is C13H20ClNS. The molecule has 0 fully saturated rings. The fraction of sp³-hybridized carbons (Fsp3) is 0.538. The van der Waals surface area contributed by atoms with Gasteiger partial charge in [0.15, 0.2) is 0 Å². The quantitative estimate of drug-likeness (QED) is 0.803. The molecule has 0 aliphatic heterocycles. The second-order valence-electron chi connectivity index (χ2n) is 4.27. The Morgan fingerprint density at radius 2 is 2.06 bits per heavy atom. The predicted octanol–water partition coefficient (Wildman–Crippen LogP) is 4.12. The molecule has 90 valence electrons. The molecule has 0 aliphatic rings. The second-order valence-corrected chi connectivity index (χ2v) is 6.19. The summed E-state index contributed by atoms with van der Waals surface area (Å²) < 4.78 is 0. The SMILES string of the molecule is CCC(C)Sc1ccc(Cl)cc1CC(C)N. The Kier molecular flexibility index (Phi) is 5.67. The Morgan fingerprint density at radius 3 is 2.62 bits per heavy atom. The number of halogens is 1. The zero-order valence-corrected chi connectivity index (χ0v) is 11.7. The van der Waals surface area contributed by atoms with E-state index in [0.717, 1.165) is 11.4 Å². The molecular weight excluding hydrogens is 238 g/mol. The molecule has 0 aliphatic carbocycles. The normalized spacial score (nSPS) is 14.8. The maximum absolute atomic E-state index is 6.02. The zero-order valence-electron chi connectivity index (χ0n) is 10.2. The van der Waals surface area contributed by atoms with E-state index in [1.807, 2.05) is 30.8 Å². The number of hydrogen-bond donors (Lipinski definition) is 1. The van der Waals surface area contributed by atoms with Gasteiger partial charge < -0.3 is 5.73 Å². The van der Waals surface area contributed by atoms with E-state index in [-0.39, 0.29) is 6.04 Å². The first-order chi connectivity index (χ1) is 7.52. The molecule has 2 unspecified atom stereocenters. The number of rotatable bonds is 5. The van der Waals surface area contributed by atoms with Gasteiger partial charge in [0, 0.05) is 21.2 Å². The fourth-order valence-electron chi connectivity index (χ4n) is 1.47. The number of thioether (sulfide) groups is 1. The van der Waals surface area contributed by atoms with Crippen LogP contribution in [0.15, 0.2) is 23.1 Å². The third kappa shape index (κ3) is 4.36. The molecule has 0 radical (unpaired) electrons. The Labute approximate surface area is 108 Å². The molecule has 1 nitrogen and oxygen atoms in total. The minimum Gasteiger partial charge on any atom is -0.328 e. The molecule has 2 N–H and O–H groups in total. The largest absolute Gasteiger partial charge is 0.328 e. The minimum absolute atomic E-state index is 0.176. The summed E-state index contributed by atoms with van der Waals surface area (Å²) in [4.78, 5) is 1.32. The Balaban J connectivity index is 2.88. The fourth-order valence-corrected chi connectivity index (χ4v) is 2.70. The molecule has 0 saturated heterocycles. The number of nitrogens with two attached hydrogens (primary N) is 1. The molecule has 0 spiro atoms. The van der Waals surface area contributed by atoms with E-state index in [0.29, 0.717) is 5.25 Å². The van der Waals surface area contributed by atoms with Crippen molar-refractivity contribution >= 4 is 23.4 Å². The lowest BCUT2D eigenvalue weighted by atomic mass is 10.1. The van der Waals surface area contributed by atoms with Crippen LogP contribution in [0.5, 0.6) is 0 Å². The molecule has 0 heterocycles. The van der Waals surface area contributed by atoms with Crippen LogP contribution in [0.1, 0.15) is 32.8 Å². The van der Waals surface area contributed by atoms with Gasteiger partial charge in [-0.3, -0.25) is 0 Å². The number of hydrogen-bond acceptors (Lipinski definition) is 2. The summed E-state index contributed by atoms with van der Waals surface area (Å²) in [7, 11) is 0. The molecule has 1 rings (SSSR count). The third-order valence-electron chi connectivity index (χ3n) is 2.47. The van der Waals surface area contributed by atoms with E-state index in [1.54, 1.807) is 0 Å². The van der Waals surface area contributed by atoms with Crippen LogP contribution in [-0.4, -0.2) is 11.3 Å². The van der Waals surface area contributed by atoms with Crippen LogP contribution in [0, 0.1) is 0 Å². The van der Waals surface area contributed by atoms with Crippen molar-refractivity contribution in [1.82, 2.24) is 0 Å². The van der Waals surface area contributed by atoms with E-state index in [1.165, 1.54) is 16.9 Å². The van der Waals surface area contributed by atoms with E-state index in [4.69, 9.17) is 17.3 Å². The van der Waals surface area contributed by atoms with Gasteiger partial charge in [-0.25, -0.2) is 0 Å². The summed E-state index contributed by atoms with van der Waals surface area (Å²) in [6, 6.07) is 6.28. The molecule has 0 aromatic heterocycles. The molecule has 0 saturated carbocycles. The van der Waals surface area contributed by atoms with Gasteiger partial charge in [0.2, 0.25) is 0 Å². The molecule has 3 heteroatoms. The summed E-state index contributed by atoms with van der Waals surface area (Å²) in [6.07, 6.45) is 2.06. The van der Waals surface area contributed by atoms with Crippen LogP contribution < -0.4 is 5.73 Å². The lowest BCUT2D eigenvalue weighted by molar-refractivity contribution is 0.729. The van der Waals surface area contributed by atoms with Gasteiger partial charge in [-0.15, -0.1) is 11.8 Å². The van der Waals surface area contributed by atoms with Gasteiger partial charge in [0.05, 0.1) is 0 Å². The number of benzene rings is 1. The van der Waals surface area contributed by atoms with Crippen molar-refractivity contribution in [2.24, 2.45) is 5.73 Å². The van der Waals surface area contributed by atoms with Crippen LogP contribution in [0.25, 0.3) is 0 Å². The Morgan fingerprint density at radius 1 is 1.38 bits per heavy atom. The summed E-state index contributed by atoms with van der Waals surface area (Å²) in [5.74, 6) is 0. The Hall–Kier alpha value is -0.180. The molecule has 2 atom stereocenters. The standard InChI is InChI=1S/C13H20ClNS/c1-4-10(3)16-13-6-5-12(14)8-11(13)7-9(2)15/h5-6,8-10H,4,7,15H2,1-3H3. The van der Waals surface area contributed by atoms with E-state index in [9.17, 15) is 0 Å². The first-order valence-electron chi connectivity index (χ1n) is 5.73. The molecule has 1 aromatic rings. The first kappa shape index (κ1) is 13.9. The van der Waals surface area contributed by atoms with Crippen molar-refractivity contribution in [2.45, 2.75) is 49.8 Å². The lowest BCUT2D eigenvalue weighted by Gasteiger charge is -2.14. The van der Waals surface area contributed by atoms with Gasteiger partial charge in [0.1, 0.15) is 0 Å². The molecule has 16 heavy (non-hydrogen) atoms. The monoisotopic (exact) mass is 257 g/mol.